The standard InChI is InChI=1S/C83H104ClN11O25/c1-32(2)17-47(88-7)74(106)94-64-66(101)38-13-16-51(46(84)23-38)116-53-25-41-24-52(70(53)120-81-71(68(103)67(102)54(31-96)117-81)119-57-30-83(6,87)73(105)34(4)114-57)115-43-14-11-37(12-15-43)69(118-56-29-82(5,86)72(104)33(3)113-56)65-80(112)93-63(78(110)90-60-39-19-35-18-36(21-39)22-40(60)20-35)45-26-42(97)27-50(99)59(45)58-44(9-8-10-49(58)98)62(77(109)95-65)92-76(108)61(41)91-75(107)48(28-55(85)100)89-79(64)111/h8-16,23-27,32-36,39-40,47-48,54,56-57,60-69,71-73,81,88,96-99,101-105H,17-22,28-31,86-87H2,1-7H3,(H2,85,100)(H,89,111)(H,90,110)(H,91,107)(H,92,108)(H,93,112)(H,94,106)(H,95,109)/t33-,34+,35?,36?,39?,40?,47?,48?,54-,56-,57+,60?,61?,62?,63?,64?,65?,66?,67-,68+,69?,71-,72-,73-,81+,82?,83+/m1/s1. The van der Waals surface area contributed by atoms with Crippen LogP contribution in [0.2, 0.25) is 5.02 Å². The van der Waals surface area contributed by atoms with Gasteiger partial charge < -0.3 is 144 Å². The first-order valence-electron chi connectivity index (χ1n) is 40.3. The normalized spacial score (nSPS) is 35.1. The van der Waals surface area contributed by atoms with E-state index in [2.05, 4.69) is 42.5 Å². The number of nitrogens with two attached hydrogens (primary N) is 3. The molecule has 8 heterocycles. The van der Waals surface area contributed by atoms with Gasteiger partial charge in [0, 0.05) is 47.2 Å². The summed E-state index contributed by atoms with van der Waals surface area (Å²) >= 11 is 7.21. The van der Waals surface area contributed by atoms with Crippen LogP contribution in [0.1, 0.15) is 157 Å². The van der Waals surface area contributed by atoms with E-state index >= 15 is 28.8 Å². The highest BCUT2D eigenvalue weighted by atomic mass is 35.5. The van der Waals surface area contributed by atoms with Gasteiger partial charge in [0.1, 0.15) is 95.5 Å². The van der Waals surface area contributed by atoms with Crippen LogP contribution in [0.5, 0.6) is 46.0 Å². The SMILES string of the molecule is CNC(CC(C)C)C(=O)NC1C(=O)NC(CC(N)=O)C(=O)NC2C(=O)NC3C(=O)NC(C(=O)NC(C(=O)NC4C5CC6CC(C5)CC4C6)c4cc(O)cc(O)c4-c4c(O)cccc43)C(O[C@@H]3CC(C)(N)[C@H](O)[C@@H](C)O3)c3ccc(cc3)Oc3cc2cc(c3O[C@@H]2O[C@H](CO)[C@@H](O)[C@H](O)[C@H]2O[C@H]2C[C@](C)(N)[C@H](O)[C@H](C)O2)Oc2ccc(cc2Cl)C1O. The molecule has 0 aromatic heterocycles. The number of likely N-dealkylation sites (N-methyl/N-ethyl adjacent to an activating group) is 1. The number of primary amides is 1. The van der Waals surface area contributed by atoms with Gasteiger partial charge in [0.15, 0.2) is 30.2 Å². The number of aliphatic hydroxyl groups excluding tert-OH is 6. The largest absolute Gasteiger partial charge is 0.508 e. The molecule has 120 heavy (non-hydrogen) atoms. The molecule has 5 aromatic rings. The Bertz CT molecular complexity index is 4720. The average Bonchev–Trinajstić information content (AvgIpc) is 1.30. The van der Waals surface area contributed by atoms with Gasteiger partial charge in [-0.15, -0.1) is 0 Å². The summed E-state index contributed by atoms with van der Waals surface area (Å²) in [5, 5.41) is 128. The average molecular weight is 1690 g/mol. The van der Waals surface area contributed by atoms with E-state index in [1.54, 1.807) is 6.92 Å². The lowest BCUT2D eigenvalue weighted by Gasteiger charge is -2.54. The number of phenolic OH excluding ortho intramolecular Hbond substituents is 3. The predicted molar refractivity (Wildman–Crippen MR) is 422 cm³/mol. The zero-order valence-corrected chi connectivity index (χ0v) is 67.6. The topological polar surface area (TPSA) is 567 Å². The van der Waals surface area contributed by atoms with E-state index in [1.807, 2.05) is 13.8 Å². The Morgan fingerprint density at radius 3 is 1.86 bits per heavy atom. The van der Waals surface area contributed by atoms with Crippen LogP contribution < -0.4 is 73.9 Å². The Balaban J connectivity index is 1.00. The molecule has 648 valence electrons. The van der Waals surface area contributed by atoms with Crippen molar-refractivity contribution in [2.24, 2.45) is 46.8 Å². The Labute approximate surface area is 694 Å². The Morgan fingerprint density at radius 1 is 0.642 bits per heavy atom. The molecule has 7 fully saturated rings. The molecule has 37 heteroatoms. The number of hydrogen-bond donors (Lipinski definition) is 20. The van der Waals surface area contributed by atoms with Gasteiger partial charge in [0.25, 0.3) is 0 Å². The predicted octanol–water partition coefficient (Wildman–Crippen LogP) is 1.55. The van der Waals surface area contributed by atoms with Crippen LogP contribution in [0, 0.1) is 29.6 Å². The number of aliphatic hydroxyl groups is 6. The molecule has 3 saturated heterocycles. The zero-order chi connectivity index (χ0) is 86.2. The first-order valence-corrected chi connectivity index (χ1v) is 40.7. The maximum absolute atomic E-state index is 16.8. The fourth-order valence-corrected chi connectivity index (χ4v) is 19.0. The summed E-state index contributed by atoms with van der Waals surface area (Å²) in [6.07, 6.45) is -17.8. The van der Waals surface area contributed by atoms with Crippen LogP contribution in [0.3, 0.4) is 0 Å². The van der Waals surface area contributed by atoms with Gasteiger partial charge in [-0.3, -0.25) is 38.4 Å². The summed E-state index contributed by atoms with van der Waals surface area (Å²) in [5.74, 6) is -13.1. The fourth-order valence-electron chi connectivity index (χ4n) is 18.7. The van der Waals surface area contributed by atoms with Gasteiger partial charge >= 0.3 is 0 Å². The molecule has 10 unspecified atom stereocenters. The maximum atomic E-state index is 16.8. The zero-order valence-electron chi connectivity index (χ0n) is 66.8. The van der Waals surface area contributed by atoms with Crippen LogP contribution in [0.4, 0.5) is 0 Å². The quantitative estimate of drug-likeness (QED) is 0.0666. The van der Waals surface area contributed by atoms with Gasteiger partial charge in [-0.1, -0.05) is 55.8 Å². The number of nitrogens with one attached hydrogen (secondary N) is 8. The van der Waals surface area contributed by atoms with Gasteiger partial charge in [-0.25, -0.2) is 0 Å². The number of rotatable bonds is 16. The number of carbonyl (C=O) groups is 8. The van der Waals surface area contributed by atoms with E-state index in [4.69, 9.17) is 66.7 Å². The van der Waals surface area contributed by atoms with Crippen molar-refractivity contribution in [3.8, 4) is 57.1 Å². The number of aromatic hydroxyl groups is 3. The molecule has 36 nitrogen and oxygen atoms in total. The lowest BCUT2D eigenvalue weighted by atomic mass is 9.54. The van der Waals surface area contributed by atoms with E-state index in [0.717, 1.165) is 68.5 Å². The van der Waals surface area contributed by atoms with Crippen LogP contribution >= 0.6 is 11.6 Å². The minimum atomic E-state index is -2.37. The molecule has 23 N–H and O–H groups in total. The lowest BCUT2D eigenvalue weighted by Crippen LogP contribution is -2.64. The van der Waals surface area contributed by atoms with Crippen molar-refractivity contribution in [3.05, 3.63) is 118 Å². The summed E-state index contributed by atoms with van der Waals surface area (Å²) in [6, 6.07) is 2.59. The molecule has 4 aliphatic carbocycles. The summed E-state index contributed by atoms with van der Waals surface area (Å²) < 4.78 is 52.5. The molecule has 8 aliphatic heterocycles. The van der Waals surface area contributed by atoms with E-state index in [0.29, 0.717) is 11.8 Å². The Morgan fingerprint density at radius 2 is 1.25 bits per heavy atom. The Hall–Kier alpha value is -9.61. The van der Waals surface area contributed by atoms with E-state index in [1.165, 1.54) is 76.3 Å². The molecule has 22 atom stereocenters. The van der Waals surface area contributed by atoms with Crippen molar-refractivity contribution >= 4 is 58.9 Å². The second kappa shape index (κ2) is 34.7. The highest BCUT2D eigenvalue weighted by Crippen LogP contribution is 2.55. The monoisotopic (exact) mass is 1690 g/mol. The minimum Gasteiger partial charge on any atom is -0.508 e. The summed E-state index contributed by atoms with van der Waals surface area (Å²) in [5.41, 5.74) is 14.2. The smallest absolute Gasteiger partial charge is 0.248 e. The third-order valence-corrected chi connectivity index (χ3v) is 24.9. The Kier molecular flexibility index (Phi) is 25.1. The second-order valence-electron chi connectivity index (χ2n) is 34.2. The van der Waals surface area contributed by atoms with Crippen molar-refractivity contribution in [1.82, 2.24) is 42.5 Å². The third kappa shape index (κ3) is 17.7. The molecule has 13 bridgehead atoms. The number of phenols is 3. The first kappa shape index (κ1) is 86.8. The summed E-state index contributed by atoms with van der Waals surface area (Å²) in [7, 11) is 1.49. The molecule has 4 saturated carbocycles. The molecule has 17 rings (SSSR count). The molecular weight excluding hydrogens is 1590 g/mol. The molecule has 8 amide bonds. The first-order chi connectivity index (χ1) is 56.8. The lowest BCUT2D eigenvalue weighted by molar-refractivity contribution is -0.333. The van der Waals surface area contributed by atoms with Crippen molar-refractivity contribution in [1.29, 1.82) is 0 Å². The van der Waals surface area contributed by atoms with E-state index in [9.17, 15) is 55.5 Å². The molecule has 0 spiro atoms. The summed E-state index contributed by atoms with van der Waals surface area (Å²) in [6.45, 7) is 8.81. The number of fused-ring (bicyclic) bond motifs is 14. The molecular formula is C83H104ClN11O25. The molecule has 0 radical (unpaired) electrons. The van der Waals surface area contributed by atoms with Gasteiger partial charge in [-0.2, -0.15) is 0 Å². The number of ether oxygens (including phenoxy) is 8. The van der Waals surface area contributed by atoms with Crippen LogP contribution in [0.25, 0.3) is 11.1 Å². The number of benzene rings is 5. The van der Waals surface area contributed by atoms with Gasteiger partial charge in [0.2, 0.25) is 59.3 Å². The number of amides is 8. The van der Waals surface area contributed by atoms with Crippen LogP contribution in [-0.2, 0) is 62.0 Å². The van der Waals surface area contributed by atoms with Crippen molar-refractivity contribution in [2.45, 2.75) is 239 Å². The van der Waals surface area contributed by atoms with Gasteiger partial charge in [0.05, 0.1) is 48.5 Å². The second-order valence-corrected chi connectivity index (χ2v) is 34.6. The fraction of sp³-hybridized carbons (Fsp3) is 0.542. The summed E-state index contributed by atoms with van der Waals surface area (Å²) in [4.78, 5) is 124. The van der Waals surface area contributed by atoms with E-state index in [-0.39, 0.29) is 70.2 Å². The van der Waals surface area contributed by atoms with Crippen LogP contribution in [-0.4, -0.2) is 216 Å². The number of halogens is 1. The number of hydrogen-bond acceptors (Lipinski definition) is 28. The van der Waals surface area contributed by atoms with Crippen molar-refractivity contribution in [2.75, 3.05) is 13.7 Å². The van der Waals surface area contributed by atoms with E-state index < -0.39 is 256 Å². The highest BCUT2D eigenvalue weighted by Gasteiger charge is 2.54. The highest BCUT2D eigenvalue weighted by molar-refractivity contribution is 6.32. The third-order valence-electron chi connectivity index (χ3n) is 24.6. The van der Waals surface area contributed by atoms with Gasteiger partial charge in [-0.05, 0) is 179 Å². The van der Waals surface area contributed by atoms with Crippen molar-refractivity contribution < 1.29 is 122 Å². The number of carbonyl (C=O) groups excluding carboxylic acids is 8. The molecule has 5 aromatic carbocycles. The maximum Gasteiger partial charge on any atom is 0.248 e. The van der Waals surface area contributed by atoms with Crippen LogP contribution in [0.15, 0.2) is 84.9 Å². The minimum absolute atomic E-state index is 0.0290. The molecule has 12 aliphatic rings. The van der Waals surface area contributed by atoms with Crippen molar-refractivity contribution in [3.63, 3.8) is 0 Å².